The van der Waals surface area contributed by atoms with Crippen molar-refractivity contribution in [3.8, 4) is 11.5 Å². The number of methoxy groups -OCH3 is 1. The van der Waals surface area contributed by atoms with Gasteiger partial charge in [-0.25, -0.2) is 4.79 Å². The number of esters is 1. The first-order valence-corrected chi connectivity index (χ1v) is 6.27. The maximum atomic E-state index is 11.2. The number of para-hydroxylation sites is 1. The first-order chi connectivity index (χ1) is 9.69. The molecule has 0 saturated carbocycles. The topological polar surface area (TPSA) is 55.8 Å². The van der Waals surface area contributed by atoms with Gasteiger partial charge in [0, 0.05) is 6.42 Å². The van der Waals surface area contributed by atoms with Crippen LogP contribution in [0.15, 0.2) is 54.6 Å². The maximum absolute atomic E-state index is 11.2. The first-order valence-electron chi connectivity index (χ1n) is 6.27. The lowest BCUT2D eigenvalue weighted by Crippen LogP contribution is -2.24. The number of ether oxygens (including phenoxy) is 2. The van der Waals surface area contributed by atoms with Gasteiger partial charge < -0.3 is 14.6 Å². The van der Waals surface area contributed by atoms with Gasteiger partial charge in [-0.15, -0.1) is 0 Å². The molecule has 2 rings (SSSR count). The van der Waals surface area contributed by atoms with Gasteiger partial charge in [0.05, 0.1) is 7.11 Å². The summed E-state index contributed by atoms with van der Waals surface area (Å²) in [7, 11) is 1.25. The number of carbonyl (C=O) groups is 1. The van der Waals surface area contributed by atoms with E-state index in [1.165, 1.54) is 7.11 Å². The molecular formula is C16H16O4. The molecule has 0 bridgehead atoms. The molecule has 0 saturated heterocycles. The smallest absolute Gasteiger partial charge is 0.335 e. The Labute approximate surface area is 117 Å². The third-order valence-corrected chi connectivity index (χ3v) is 2.78. The largest absolute Gasteiger partial charge is 0.467 e. The first kappa shape index (κ1) is 14.1. The molecule has 0 aliphatic rings. The summed E-state index contributed by atoms with van der Waals surface area (Å²) in [5.74, 6) is 0.753. The van der Waals surface area contributed by atoms with E-state index in [9.17, 15) is 9.90 Å². The van der Waals surface area contributed by atoms with Crippen molar-refractivity contribution in [1.29, 1.82) is 0 Å². The number of carbonyl (C=O) groups excluding carboxylic acids is 1. The molecule has 0 spiro atoms. The van der Waals surface area contributed by atoms with Crippen LogP contribution in [-0.4, -0.2) is 24.3 Å². The average molecular weight is 272 g/mol. The zero-order valence-electron chi connectivity index (χ0n) is 11.2. The van der Waals surface area contributed by atoms with Gasteiger partial charge in [-0.2, -0.15) is 0 Å². The molecule has 20 heavy (non-hydrogen) atoms. The van der Waals surface area contributed by atoms with Crippen molar-refractivity contribution in [2.45, 2.75) is 12.5 Å². The third kappa shape index (κ3) is 3.83. The van der Waals surface area contributed by atoms with Crippen LogP contribution in [-0.2, 0) is 16.0 Å². The molecule has 0 heterocycles. The summed E-state index contributed by atoms with van der Waals surface area (Å²) in [5, 5.41) is 9.64. The summed E-state index contributed by atoms with van der Waals surface area (Å²) < 4.78 is 10.2. The Morgan fingerprint density at radius 1 is 1.10 bits per heavy atom. The fourth-order valence-corrected chi connectivity index (χ4v) is 1.80. The minimum Gasteiger partial charge on any atom is -0.467 e. The second-order valence-electron chi connectivity index (χ2n) is 4.31. The van der Waals surface area contributed by atoms with Crippen LogP contribution in [0.3, 0.4) is 0 Å². The summed E-state index contributed by atoms with van der Waals surface area (Å²) in [5.41, 5.74) is 0.802. The molecule has 2 aromatic rings. The number of benzene rings is 2. The zero-order valence-corrected chi connectivity index (χ0v) is 11.2. The Balaban J connectivity index is 2.06. The number of hydrogen-bond donors (Lipinski definition) is 1. The quantitative estimate of drug-likeness (QED) is 0.850. The maximum Gasteiger partial charge on any atom is 0.335 e. The van der Waals surface area contributed by atoms with Crippen LogP contribution in [0.2, 0.25) is 0 Å². The molecule has 1 unspecified atom stereocenters. The van der Waals surface area contributed by atoms with Crippen LogP contribution in [0.25, 0.3) is 0 Å². The highest BCUT2D eigenvalue weighted by atomic mass is 16.5. The lowest BCUT2D eigenvalue weighted by Gasteiger charge is -2.10. The van der Waals surface area contributed by atoms with Gasteiger partial charge in [0.15, 0.2) is 6.10 Å². The van der Waals surface area contributed by atoms with E-state index in [0.717, 1.165) is 11.3 Å². The second-order valence-corrected chi connectivity index (χ2v) is 4.31. The lowest BCUT2D eigenvalue weighted by atomic mass is 10.1. The normalized spacial score (nSPS) is 11.7. The standard InChI is InChI=1S/C16H16O4/c1-19-16(18)15(17)11-12-6-5-9-14(10-12)20-13-7-3-2-4-8-13/h2-10,15,17H,11H2,1H3. The van der Waals surface area contributed by atoms with Crippen molar-refractivity contribution >= 4 is 5.97 Å². The van der Waals surface area contributed by atoms with Crippen LogP contribution < -0.4 is 4.74 Å². The Bertz CT molecular complexity index is 566. The summed E-state index contributed by atoms with van der Waals surface area (Å²) in [4.78, 5) is 11.2. The molecule has 0 radical (unpaired) electrons. The van der Waals surface area contributed by atoms with E-state index in [0.29, 0.717) is 5.75 Å². The summed E-state index contributed by atoms with van der Waals surface area (Å²) in [6, 6.07) is 16.7. The predicted octanol–water partition coefficient (Wildman–Crippen LogP) is 2.56. The molecule has 1 atom stereocenters. The molecule has 2 aromatic carbocycles. The molecule has 0 aliphatic heterocycles. The fraction of sp³-hybridized carbons (Fsp3) is 0.188. The molecule has 0 aliphatic carbocycles. The van der Waals surface area contributed by atoms with E-state index in [1.54, 1.807) is 6.07 Å². The summed E-state index contributed by atoms with van der Waals surface area (Å²) in [6.45, 7) is 0. The molecule has 0 fully saturated rings. The monoisotopic (exact) mass is 272 g/mol. The van der Waals surface area contributed by atoms with Gasteiger partial charge in [0.1, 0.15) is 11.5 Å². The van der Waals surface area contributed by atoms with E-state index in [-0.39, 0.29) is 6.42 Å². The van der Waals surface area contributed by atoms with E-state index in [2.05, 4.69) is 4.74 Å². The summed E-state index contributed by atoms with van der Waals surface area (Å²) in [6.07, 6.45) is -0.967. The highest BCUT2D eigenvalue weighted by Crippen LogP contribution is 2.22. The lowest BCUT2D eigenvalue weighted by molar-refractivity contribution is -0.150. The van der Waals surface area contributed by atoms with E-state index in [4.69, 9.17) is 4.74 Å². The number of aliphatic hydroxyl groups is 1. The zero-order chi connectivity index (χ0) is 14.4. The van der Waals surface area contributed by atoms with Crippen molar-refractivity contribution in [3.63, 3.8) is 0 Å². The molecule has 0 amide bonds. The van der Waals surface area contributed by atoms with Crippen LogP contribution in [0, 0.1) is 0 Å². The van der Waals surface area contributed by atoms with Crippen molar-refractivity contribution in [1.82, 2.24) is 0 Å². The fourth-order valence-electron chi connectivity index (χ4n) is 1.80. The number of aliphatic hydroxyl groups excluding tert-OH is 1. The Hall–Kier alpha value is -2.33. The number of hydrogen-bond acceptors (Lipinski definition) is 4. The SMILES string of the molecule is COC(=O)C(O)Cc1cccc(Oc2ccccc2)c1. The van der Waals surface area contributed by atoms with Crippen molar-refractivity contribution in [2.75, 3.05) is 7.11 Å². The number of rotatable bonds is 5. The Morgan fingerprint density at radius 3 is 2.50 bits per heavy atom. The van der Waals surface area contributed by atoms with E-state index in [1.807, 2.05) is 48.5 Å². The average Bonchev–Trinajstić information content (AvgIpc) is 2.47. The van der Waals surface area contributed by atoms with Gasteiger partial charge in [0.2, 0.25) is 0 Å². The van der Waals surface area contributed by atoms with E-state index >= 15 is 0 Å². The minimum atomic E-state index is -1.16. The van der Waals surface area contributed by atoms with Crippen LogP contribution in [0.4, 0.5) is 0 Å². The van der Waals surface area contributed by atoms with Crippen molar-refractivity contribution < 1.29 is 19.4 Å². The summed E-state index contributed by atoms with van der Waals surface area (Å²) >= 11 is 0. The van der Waals surface area contributed by atoms with E-state index < -0.39 is 12.1 Å². The van der Waals surface area contributed by atoms with Gasteiger partial charge in [0.25, 0.3) is 0 Å². The molecule has 1 N–H and O–H groups in total. The molecule has 4 nitrogen and oxygen atoms in total. The highest BCUT2D eigenvalue weighted by Gasteiger charge is 2.15. The second kappa shape index (κ2) is 6.73. The molecular weight excluding hydrogens is 256 g/mol. The van der Waals surface area contributed by atoms with Gasteiger partial charge in [-0.05, 0) is 29.8 Å². The highest BCUT2D eigenvalue weighted by molar-refractivity contribution is 5.74. The van der Waals surface area contributed by atoms with Crippen molar-refractivity contribution in [2.24, 2.45) is 0 Å². The van der Waals surface area contributed by atoms with Crippen LogP contribution >= 0.6 is 0 Å². The van der Waals surface area contributed by atoms with Gasteiger partial charge in [-0.3, -0.25) is 0 Å². The molecule has 0 aromatic heterocycles. The molecule has 104 valence electrons. The van der Waals surface area contributed by atoms with Crippen LogP contribution in [0.5, 0.6) is 11.5 Å². The van der Waals surface area contributed by atoms with Crippen LogP contribution in [0.1, 0.15) is 5.56 Å². The Kier molecular flexibility index (Phi) is 4.74. The predicted molar refractivity (Wildman–Crippen MR) is 74.7 cm³/mol. The Morgan fingerprint density at radius 2 is 1.80 bits per heavy atom. The third-order valence-electron chi connectivity index (χ3n) is 2.78. The van der Waals surface area contributed by atoms with Gasteiger partial charge in [-0.1, -0.05) is 30.3 Å². The molecule has 4 heteroatoms. The van der Waals surface area contributed by atoms with Gasteiger partial charge >= 0.3 is 5.97 Å². The minimum absolute atomic E-state index is 0.193. The van der Waals surface area contributed by atoms with Crippen molar-refractivity contribution in [3.05, 3.63) is 60.2 Å².